The quantitative estimate of drug-likeness (QED) is 0.615. The molecular weight excluding hydrogens is 296 g/mol. The minimum Gasteiger partial charge on any atom is -0.466 e. The maximum absolute atomic E-state index is 12.5. The lowest BCUT2D eigenvalue weighted by Gasteiger charge is -2.17. The minimum absolute atomic E-state index is 0.0252. The van der Waals surface area contributed by atoms with Gasteiger partial charge >= 0.3 is 5.97 Å². The molecule has 0 aromatic heterocycles. The van der Waals surface area contributed by atoms with Gasteiger partial charge in [0.25, 0.3) is 0 Å². The fourth-order valence-electron chi connectivity index (χ4n) is 2.36. The molecule has 1 fully saturated rings. The number of ketones is 1. The summed E-state index contributed by atoms with van der Waals surface area (Å²) in [5.41, 5.74) is 0.663. The molecule has 1 heterocycles. The Morgan fingerprint density at radius 3 is 2.70 bits per heavy atom. The second kappa shape index (κ2) is 7.14. The predicted octanol–water partition coefficient (Wildman–Crippen LogP) is 3.60. The molecule has 0 spiro atoms. The zero-order chi connectivity index (χ0) is 14.5. The van der Waals surface area contributed by atoms with Crippen LogP contribution < -0.4 is 0 Å². The van der Waals surface area contributed by atoms with Crippen molar-refractivity contribution in [1.29, 1.82) is 0 Å². The van der Waals surface area contributed by atoms with E-state index in [9.17, 15) is 9.59 Å². The highest BCUT2D eigenvalue weighted by molar-refractivity contribution is 8.00. The molecule has 0 bridgehead atoms. The number of hydrogen-bond donors (Lipinski definition) is 0. The molecule has 0 radical (unpaired) electrons. The Hall–Kier alpha value is -1.00. The number of Topliss-reactive ketones (excluding diaryl/α,β-unsaturated/α-hetero) is 1. The predicted molar refractivity (Wildman–Crippen MR) is 81.4 cm³/mol. The smallest absolute Gasteiger partial charge is 0.306 e. The molecule has 1 aromatic rings. The summed E-state index contributed by atoms with van der Waals surface area (Å²) in [5.74, 6) is 0.681. The highest BCUT2D eigenvalue weighted by atomic mass is 35.5. The van der Waals surface area contributed by atoms with Gasteiger partial charge in [-0.05, 0) is 43.4 Å². The first kappa shape index (κ1) is 15.4. The van der Waals surface area contributed by atoms with Gasteiger partial charge in [-0.2, -0.15) is 11.8 Å². The van der Waals surface area contributed by atoms with Crippen molar-refractivity contribution in [2.75, 3.05) is 12.4 Å². The van der Waals surface area contributed by atoms with Gasteiger partial charge in [-0.25, -0.2) is 0 Å². The van der Waals surface area contributed by atoms with Gasteiger partial charge in [0.15, 0.2) is 5.78 Å². The number of halogens is 1. The van der Waals surface area contributed by atoms with Crippen LogP contribution in [0, 0.1) is 5.92 Å². The third-order valence-corrected chi connectivity index (χ3v) is 4.99. The number of carbonyl (C=O) groups excluding carboxylic acids is 2. The SMILES string of the molecule is CCOC(=O)C[C@H]1SCC[C@@H]1C(=O)c1ccc(Cl)cc1. The Bertz CT molecular complexity index is 486. The van der Waals surface area contributed by atoms with Crippen molar-refractivity contribution in [2.24, 2.45) is 5.92 Å². The van der Waals surface area contributed by atoms with Crippen LogP contribution in [0.2, 0.25) is 5.02 Å². The number of thioether (sulfide) groups is 1. The van der Waals surface area contributed by atoms with E-state index in [4.69, 9.17) is 16.3 Å². The molecule has 0 amide bonds. The van der Waals surface area contributed by atoms with E-state index in [-0.39, 0.29) is 22.9 Å². The van der Waals surface area contributed by atoms with E-state index in [0.29, 0.717) is 23.6 Å². The van der Waals surface area contributed by atoms with Crippen LogP contribution in [0.3, 0.4) is 0 Å². The average Bonchev–Trinajstić information content (AvgIpc) is 2.87. The Balaban J connectivity index is 2.04. The fraction of sp³-hybridized carbons (Fsp3) is 0.467. The van der Waals surface area contributed by atoms with Gasteiger partial charge in [0.2, 0.25) is 0 Å². The molecule has 108 valence electrons. The number of ether oxygens (including phenoxy) is 1. The van der Waals surface area contributed by atoms with Crippen molar-refractivity contribution in [3.05, 3.63) is 34.9 Å². The molecule has 5 heteroatoms. The number of benzene rings is 1. The van der Waals surface area contributed by atoms with E-state index in [1.165, 1.54) is 0 Å². The highest BCUT2D eigenvalue weighted by Gasteiger charge is 2.35. The van der Waals surface area contributed by atoms with E-state index in [1.54, 1.807) is 43.0 Å². The first-order chi connectivity index (χ1) is 9.61. The van der Waals surface area contributed by atoms with Gasteiger partial charge in [-0.1, -0.05) is 11.6 Å². The topological polar surface area (TPSA) is 43.4 Å². The molecule has 1 aliphatic rings. The summed E-state index contributed by atoms with van der Waals surface area (Å²) in [6.07, 6.45) is 1.12. The highest BCUT2D eigenvalue weighted by Crippen LogP contribution is 2.36. The van der Waals surface area contributed by atoms with Crippen molar-refractivity contribution in [3.8, 4) is 0 Å². The third-order valence-electron chi connectivity index (χ3n) is 3.35. The summed E-state index contributed by atoms with van der Waals surface area (Å²) in [4.78, 5) is 24.1. The van der Waals surface area contributed by atoms with Gasteiger partial charge in [-0.3, -0.25) is 9.59 Å². The Kier molecular flexibility index (Phi) is 5.49. The van der Waals surface area contributed by atoms with Crippen molar-refractivity contribution in [3.63, 3.8) is 0 Å². The number of hydrogen-bond acceptors (Lipinski definition) is 4. The first-order valence-electron chi connectivity index (χ1n) is 6.68. The van der Waals surface area contributed by atoms with Crippen molar-refractivity contribution in [1.82, 2.24) is 0 Å². The van der Waals surface area contributed by atoms with Gasteiger partial charge in [0.05, 0.1) is 13.0 Å². The fourth-order valence-corrected chi connectivity index (χ4v) is 3.93. The summed E-state index contributed by atoms with van der Waals surface area (Å²) in [5, 5.41) is 0.641. The van der Waals surface area contributed by atoms with Crippen LogP contribution >= 0.6 is 23.4 Å². The summed E-state index contributed by atoms with van der Waals surface area (Å²) >= 11 is 7.51. The molecule has 0 unspecified atom stereocenters. The zero-order valence-electron chi connectivity index (χ0n) is 11.3. The van der Waals surface area contributed by atoms with E-state index in [2.05, 4.69) is 0 Å². The standard InChI is InChI=1S/C15H17ClO3S/c1-2-19-14(17)9-13-12(7-8-20-13)15(18)10-3-5-11(16)6-4-10/h3-6,12-13H,2,7-9H2,1H3/t12-,13+/m0/s1. The van der Waals surface area contributed by atoms with Crippen LogP contribution in [0.4, 0.5) is 0 Å². The molecule has 1 aromatic carbocycles. The number of carbonyl (C=O) groups is 2. The molecule has 0 N–H and O–H groups in total. The lowest BCUT2D eigenvalue weighted by atomic mass is 9.91. The molecule has 1 saturated heterocycles. The second-order valence-corrected chi connectivity index (χ2v) is 6.47. The number of rotatable bonds is 5. The van der Waals surface area contributed by atoms with Gasteiger partial charge < -0.3 is 4.74 Å². The van der Waals surface area contributed by atoms with E-state index < -0.39 is 0 Å². The van der Waals surface area contributed by atoms with Crippen molar-refractivity contribution < 1.29 is 14.3 Å². The summed E-state index contributed by atoms with van der Waals surface area (Å²) in [6.45, 7) is 2.17. The molecular formula is C15H17ClO3S. The molecule has 3 nitrogen and oxygen atoms in total. The summed E-state index contributed by atoms with van der Waals surface area (Å²) in [6, 6.07) is 6.93. The normalized spacial score (nSPS) is 21.7. The van der Waals surface area contributed by atoms with Crippen molar-refractivity contribution in [2.45, 2.75) is 25.0 Å². The monoisotopic (exact) mass is 312 g/mol. The zero-order valence-corrected chi connectivity index (χ0v) is 12.9. The van der Waals surface area contributed by atoms with Crippen LogP contribution in [-0.2, 0) is 9.53 Å². The Labute approximate surface area is 128 Å². The van der Waals surface area contributed by atoms with E-state index in [1.807, 2.05) is 0 Å². The average molecular weight is 313 g/mol. The lowest BCUT2D eigenvalue weighted by molar-refractivity contribution is -0.143. The maximum atomic E-state index is 12.5. The maximum Gasteiger partial charge on any atom is 0.306 e. The Morgan fingerprint density at radius 2 is 2.05 bits per heavy atom. The van der Waals surface area contributed by atoms with Crippen LogP contribution in [0.1, 0.15) is 30.1 Å². The molecule has 0 aliphatic carbocycles. The van der Waals surface area contributed by atoms with Crippen molar-refractivity contribution >= 4 is 35.1 Å². The molecule has 2 atom stereocenters. The van der Waals surface area contributed by atoms with E-state index in [0.717, 1.165) is 12.2 Å². The summed E-state index contributed by atoms with van der Waals surface area (Å²) < 4.78 is 4.97. The van der Waals surface area contributed by atoms with Crippen LogP contribution in [0.15, 0.2) is 24.3 Å². The van der Waals surface area contributed by atoms with Gasteiger partial charge in [0, 0.05) is 21.8 Å². The van der Waals surface area contributed by atoms with Gasteiger partial charge in [-0.15, -0.1) is 0 Å². The third kappa shape index (κ3) is 3.76. The van der Waals surface area contributed by atoms with E-state index >= 15 is 0 Å². The number of esters is 1. The van der Waals surface area contributed by atoms with Crippen LogP contribution in [0.5, 0.6) is 0 Å². The molecule has 20 heavy (non-hydrogen) atoms. The molecule has 2 rings (SSSR count). The van der Waals surface area contributed by atoms with Crippen LogP contribution in [0.25, 0.3) is 0 Å². The largest absolute Gasteiger partial charge is 0.466 e. The lowest BCUT2D eigenvalue weighted by Crippen LogP contribution is -2.25. The minimum atomic E-state index is -0.221. The van der Waals surface area contributed by atoms with Crippen LogP contribution in [-0.4, -0.2) is 29.4 Å². The second-order valence-electron chi connectivity index (χ2n) is 4.68. The summed E-state index contributed by atoms with van der Waals surface area (Å²) in [7, 11) is 0. The molecule has 0 saturated carbocycles. The van der Waals surface area contributed by atoms with Gasteiger partial charge in [0.1, 0.15) is 0 Å². The Morgan fingerprint density at radius 1 is 1.35 bits per heavy atom. The molecule has 1 aliphatic heterocycles. The first-order valence-corrected chi connectivity index (χ1v) is 8.11.